The van der Waals surface area contributed by atoms with Crippen LogP contribution in [0.1, 0.15) is 37.7 Å². The first-order chi connectivity index (χ1) is 9.61. The molecule has 0 radical (unpaired) electrons. The highest BCUT2D eigenvalue weighted by Gasteiger charge is 2.38. The molecule has 5 heteroatoms. The van der Waals surface area contributed by atoms with Crippen LogP contribution < -0.4 is 11.1 Å². The fourth-order valence-electron chi connectivity index (χ4n) is 2.70. The molecule has 1 fully saturated rings. The molecule has 0 saturated heterocycles. The van der Waals surface area contributed by atoms with Crippen LogP contribution in [0.3, 0.4) is 0 Å². The van der Waals surface area contributed by atoms with Gasteiger partial charge in [-0.25, -0.2) is 0 Å². The van der Waals surface area contributed by atoms with Crippen molar-refractivity contribution in [2.24, 2.45) is 11.1 Å². The average Bonchev–Trinajstić information content (AvgIpc) is 2.49. The predicted molar refractivity (Wildman–Crippen MR) is 79.4 cm³/mol. The summed E-state index contributed by atoms with van der Waals surface area (Å²) in [4.78, 5) is 12.5. The monoisotopic (exact) mass is 291 g/mol. The standard InChI is InChI=1S/C15H18ClN3O/c16-13-5-4-12(8-11(13)9-17)19-14(20)15(10-18)6-2-1-3-7-15/h4-5,8H,1-3,6-7,10,18H2,(H,19,20). The lowest BCUT2D eigenvalue weighted by Crippen LogP contribution is -2.43. The Hall–Kier alpha value is -1.57. The number of carbonyl (C=O) groups is 1. The van der Waals surface area contributed by atoms with E-state index in [1.54, 1.807) is 18.2 Å². The summed E-state index contributed by atoms with van der Waals surface area (Å²) in [6.45, 7) is 0.359. The van der Waals surface area contributed by atoms with Crippen molar-refractivity contribution in [2.75, 3.05) is 11.9 Å². The molecule has 1 aliphatic carbocycles. The van der Waals surface area contributed by atoms with Crippen molar-refractivity contribution in [1.29, 1.82) is 5.26 Å². The molecule has 106 valence electrons. The van der Waals surface area contributed by atoms with Crippen LogP contribution in [-0.2, 0) is 4.79 Å². The summed E-state index contributed by atoms with van der Waals surface area (Å²) in [6, 6.07) is 6.91. The highest BCUT2D eigenvalue weighted by Crippen LogP contribution is 2.36. The number of anilines is 1. The maximum absolute atomic E-state index is 12.5. The molecule has 1 aromatic carbocycles. The minimum Gasteiger partial charge on any atom is -0.329 e. The molecule has 0 spiro atoms. The van der Waals surface area contributed by atoms with Gasteiger partial charge in [-0.2, -0.15) is 5.26 Å². The Labute approximate surface area is 123 Å². The second kappa shape index (κ2) is 6.25. The summed E-state index contributed by atoms with van der Waals surface area (Å²) < 4.78 is 0. The van der Waals surface area contributed by atoms with Crippen LogP contribution in [0.15, 0.2) is 18.2 Å². The van der Waals surface area contributed by atoms with E-state index in [0.717, 1.165) is 32.1 Å². The lowest BCUT2D eigenvalue weighted by atomic mass is 9.73. The van der Waals surface area contributed by atoms with E-state index in [-0.39, 0.29) is 5.91 Å². The van der Waals surface area contributed by atoms with Gasteiger partial charge in [0.1, 0.15) is 6.07 Å². The number of benzene rings is 1. The minimum absolute atomic E-state index is 0.0501. The summed E-state index contributed by atoms with van der Waals surface area (Å²) in [5.41, 5.74) is 6.32. The van der Waals surface area contributed by atoms with E-state index in [9.17, 15) is 4.79 Å². The molecule has 1 amide bonds. The fraction of sp³-hybridized carbons (Fsp3) is 0.467. The van der Waals surface area contributed by atoms with E-state index >= 15 is 0 Å². The molecule has 4 nitrogen and oxygen atoms in total. The molecule has 0 unspecified atom stereocenters. The first kappa shape index (κ1) is 14.8. The van der Waals surface area contributed by atoms with Gasteiger partial charge in [0.15, 0.2) is 0 Å². The smallest absolute Gasteiger partial charge is 0.231 e. The van der Waals surface area contributed by atoms with Crippen LogP contribution >= 0.6 is 11.6 Å². The van der Waals surface area contributed by atoms with Crippen molar-refractivity contribution in [3.05, 3.63) is 28.8 Å². The van der Waals surface area contributed by atoms with Crippen molar-refractivity contribution in [3.63, 3.8) is 0 Å². The van der Waals surface area contributed by atoms with E-state index in [1.165, 1.54) is 0 Å². The van der Waals surface area contributed by atoms with E-state index < -0.39 is 5.41 Å². The topological polar surface area (TPSA) is 78.9 Å². The SMILES string of the molecule is N#Cc1cc(NC(=O)C2(CN)CCCCC2)ccc1Cl. The van der Waals surface area contributed by atoms with Gasteiger partial charge in [0, 0.05) is 12.2 Å². The van der Waals surface area contributed by atoms with Crippen LogP contribution in [0, 0.1) is 16.7 Å². The highest BCUT2D eigenvalue weighted by atomic mass is 35.5. The molecule has 0 atom stereocenters. The van der Waals surface area contributed by atoms with Crippen LogP contribution in [0.2, 0.25) is 5.02 Å². The van der Waals surface area contributed by atoms with Gasteiger partial charge in [-0.15, -0.1) is 0 Å². The molecule has 3 N–H and O–H groups in total. The van der Waals surface area contributed by atoms with Gasteiger partial charge in [0.25, 0.3) is 0 Å². The van der Waals surface area contributed by atoms with Gasteiger partial charge in [-0.1, -0.05) is 30.9 Å². The van der Waals surface area contributed by atoms with Gasteiger partial charge < -0.3 is 11.1 Å². The number of nitriles is 1. The van der Waals surface area contributed by atoms with Crippen LogP contribution in [-0.4, -0.2) is 12.5 Å². The average molecular weight is 292 g/mol. The van der Waals surface area contributed by atoms with Crippen molar-refractivity contribution in [2.45, 2.75) is 32.1 Å². The normalized spacial score (nSPS) is 17.2. The van der Waals surface area contributed by atoms with Crippen molar-refractivity contribution < 1.29 is 4.79 Å². The van der Waals surface area contributed by atoms with Gasteiger partial charge >= 0.3 is 0 Å². The molecule has 1 aromatic rings. The highest BCUT2D eigenvalue weighted by molar-refractivity contribution is 6.31. The zero-order chi connectivity index (χ0) is 14.6. The maximum Gasteiger partial charge on any atom is 0.231 e. The molecule has 20 heavy (non-hydrogen) atoms. The second-order valence-corrected chi connectivity index (χ2v) is 5.71. The summed E-state index contributed by atoms with van der Waals surface area (Å²) in [7, 11) is 0. The molecule has 1 aliphatic rings. The zero-order valence-electron chi connectivity index (χ0n) is 11.3. The predicted octanol–water partition coefficient (Wildman–Crippen LogP) is 3.06. The third-order valence-electron chi connectivity index (χ3n) is 4.03. The number of carbonyl (C=O) groups excluding carboxylic acids is 1. The molecule has 1 saturated carbocycles. The Balaban J connectivity index is 2.16. The Morgan fingerprint density at radius 1 is 1.40 bits per heavy atom. The number of rotatable bonds is 3. The maximum atomic E-state index is 12.5. The number of nitrogens with zero attached hydrogens (tertiary/aromatic N) is 1. The lowest BCUT2D eigenvalue weighted by Gasteiger charge is -2.34. The van der Waals surface area contributed by atoms with E-state index in [1.807, 2.05) is 6.07 Å². The summed E-state index contributed by atoms with van der Waals surface area (Å²) in [6.07, 6.45) is 4.89. The van der Waals surface area contributed by atoms with Crippen molar-refractivity contribution in [1.82, 2.24) is 0 Å². The van der Waals surface area contributed by atoms with Crippen LogP contribution in [0.25, 0.3) is 0 Å². The number of hydrogen-bond donors (Lipinski definition) is 2. The van der Waals surface area contributed by atoms with E-state index in [2.05, 4.69) is 5.32 Å². The van der Waals surface area contributed by atoms with Crippen LogP contribution in [0.5, 0.6) is 0 Å². The van der Waals surface area contributed by atoms with Gasteiger partial charge in [-0.3, -0.25) is 4.79 Å². The lowest BCUT2D eigenvalue weighted by molar-refractivity contribution is -0.126. The molecule has 0 heterocycles. The Bertz CT molecular complexity index is 545. The van der Waals surface area contributed by atoms with Crippen molar-refractivity contribution in [3.8, 4) is 6.07 Å². The number of nitrogens with two attached hydrogens (primary N) is 1. The second-order valence-electron chi connectivity index (χ2n) is 5.31. The molecule has 0 bridgehead atoms. The molecule has 0 aliphatic heterocycles. The molecular weight excluding hydrogens is 274 g/mol. The van der Waals surface area contributed by atoms with Gasteiger partial charge in [0.2, 0.25) is 5.91 Å². The Kier molecular flexibility index (Phi) is 4.64. The number of halogens is 1. The molecule has 0 aromatic heterocycles. The quantitative estimate of drug-likeness (QED) is 0.898. The number of nitrogens with one attached hydrogen (secondary N) is 1. The number of hydrogen-bond acceptors (Lipinski definition) is 3. The zero-order valence-corrected chi connectivity index (χ0v) is 12.0. The van der Waals surface area contributed by atoms with Gasteiger partial charge in [0.05, 0.1) is 16.0 Å². The number of amides is 1. The fourth-order valence-corrected chi connectivity index (χ4v) is 2.86. The summed E-state index contributed by atoms with van der Waals surface area (Å²) in [5, 5.41) is 12.2. The third kappa shape index (κ3) is 2.95. The Morgan fingerprint density at radius 2 is 2.10 bits per heavy atom. The minimum atomic E-state index is -0.468. The first-order valence-electron chi connectivity index (χ1n) is 6.82. The van der Waals surface area contributed by atoms with E-state index in [4.69, 9.17) is 22.6 Å². The summed E-state index contributed by atoms with van der Waals surface area (Å²) >= 11 is 5.88. The van der Waals surface area contributed by atoms with Crippen LogP contribution in [0.4, 0.5) is 5.69 Å². The van der Waals surface area contributed by atoms with E-state index in [0.29, 0.717) is 22.8 Å². The summed E-state index contributed by atoms with van der Waals surface area (Å²) in [5.74, 6) is -0.0501. The molecule has 2 rings (SSSR count). The van der Waals surface area contributed by atoms with Crippen molar-refractivity contribution >= 4 is 23.2 Å². The first-order valence-corrected chi connectivity index (χ1v) is 7.20. The Morgan fingerprint density at radius 3 is 2.70 bits per heavy atom. The van der Waals surface area contributed by atoms with Gasteiger partial charge in [-0.05, 0) is 31.0 Å². The largest absolute Gasteiger partial charge is 0.329 e. The molecular formula is C15H18ClN3O. The third-order valence-corrected chi connectivity index (χ3v) is 4.36.